The minimum absolute atomic E-state index is 0.0949. The van der Waals surface area contributed by atoms with E-state index in [9.17, 15) is 4.79 Å². The van der Waals surface area contributed by atoms with E-state index < -0.39 is 0 Å². The molecular formula is C15H23N3O. The number of rotatable bonds is 3. The summed E-state index contributed by atoms with van der Waals surface area (Å²) in [6.45, 7) is 5.56. The summed E-state index contributed by atoms with van der Waals surface area (Å²) in [6.07, 6.45) is 0.713. The van der Waals surface area contributed by atoms with E-state index in [1.165, 1.54) is 5.56 Å². The van der Waals surface area contributed by atoms with Crippen LogP contribution in [0, 0.1) is 6.92 Å². The van der Waals surface area contributed by atoms with Gasteiger partial charge in [-0.05, 0) is 46.0 Å². The van der Waals surface area contributed by atoms with Gasteiger partial charge in [0.2, 0.25) is 5.91 Å². The molecule has 2 N–H and O–H groups in total. The van der Waals surface area contributed by atoms with Crippen LogP contribution in [0.4, 0.5) is 5.69 Å². The zero-order chi connectivity index (χ0) is 14.0. The van der Waals surface area contributed by atoms with Crippen molar-refractivity contribution in [2.75, 3.05) is 25.0 Å². The first-order chi connectivity index (χ1) is 9.04. The maximum atomic E-state index is 12.7. The standard InChI is InChI=1S/C15H23N3O/c1-11-4-6-13(7-5-11)18-12(2)10-17(3)14(8-9-16)15(18)19/h4-7,12,14H,8-10,16H2,1-3H3. The predicted molar refractivity (Wildman–Crippen MR) is 78.2 cm³/mol. The molecule has 4 nitrogen and oxygen atoms in total. The summed E-state index contributed by atoms with van der Waals surface area (Å²) in [5, 5.41) is 0. The molecule has 104 valence electrons. The van der Waals surface area contributed by atoms with Crippen LogP contribution in [0.15, 0.2) is 24.3 Å². The smallest absolute Gasteiger partial charge is 0.244 e. The van der Waals surface area contributed by atoms with E-state index in [-0.39, 0.29) is 18.0 Å². The summed E-state index contributed by atoms with van der Waals surface area (Å²) in [7, 11) is 2.00. The summed E-state index contributed by atoms with van der Waals surface area (Å²) >= 11 is 0. The second-order valence-corrected chi connectivity index (χ2v) is 5.43. The van der Waals surface area contributed by atoms with Crippen LogP contribution in [0.1, 0.15) is 18.9 Å². The molecule has 0 bridgehead atoms. The summed E-state index contributed by atoms with van der Waals surface area (Å²) in [6, 6.07) is 8.23. The van der Waals surface area contributed by atoms with Crippen molar-refractivity contribution in [2.45, 2.75) is 32.4 Å². The van der Waals surface area contributed by atoms with E-state index >= 15 is 0 Å². The fourth-order valence-corrected chi connectivity index (χ4v) is 2.78. The number of hydrogen-bond acceptors (Lipinski definition) is 3. The van der Waals surface area contributed by atoms with Gasteiger partial charge in [-0.15, -0.1) is 0 Å². The van der Waals surface area contributed by atoms with Gasteiger partial charge in [-0.2, -0.15) is 0 Å². The third kappa shape index (κ3) is 2.80. The van der Waals surface area contributed by atoms with E-state index in [0.717, 1.165) is 12.2 Å². The largest absolute Gasteiger partial charge is 0.330 e. The molecule has 0 aliphatic carbocycles. The van der Waals surface area contributed by atoms with Gasteiger partial charge in [0.1, 0.15) is 0 Å². The minimum Gasteiger partial charge on any atom is -0.330 e. The average molecular weight is 261 g/mol. The Morgan fingerprint density at radius 1 is 1.32 bits per heavy atom. The summed E-state index contributed by atoms with van der Waals surface area (Å²) in [5.41, 5.74) is 7.81. The van der Waals surface area contributed by atoms with Gasteiger partial charge in [-0.1, -0.05) is 17.7 Å². The van der Waals surface area contributed by atoms with E-state index in [0.29, 0.717) is 13.0 Å². The molecule has 4 heteroatoms. The summed E-state index contributed by atoms with van der Waals surface area (Å²) in [4.78, 5) is 16.7. The van der Waals surface area contributed by atoms with E-state index in [2.05, 4.69) is 18.7 Å². The molecule has 0 aromatic heterocycles. The van der Waals surface area contributed by atoms with E-state index in [4.69, 9.17) is 5.73 Å². The molecule has 1 heterocycles. The molecule has 1 aliphatic rings. The van der Waals surface area contributed by atoms with Crippen LogP contribution in [0.25, 0.3) is 0 Å². The number of likely N-dealkylation sites (N-methyl/N-ethyl adjacent to an activating group) is 1. The molecule has 0 saturated carbocycles. The summed E-state index contributed by atoms with van der Waals surface area (Å²) in [5.74, 6) is 0.163. The Kier molecular flexibility index (Phi) is 4.22. The molecule has 2 unspecified atom stereocenters. The Hall–Kier alpha value is -1.39. The highest BCUT2D eigenvalue weighted by atomic mass is 16.2. The van der Waals surface area contributed by atoms with Crippen molar-refractivity contribution in [1.82, 2.24) is 4.90 Å². The molecule has 1 aliphatic heterocycles. The molecule has 2 rings (SSSR count). The molecule has 1 amide bonds. The number of anilines is 1. The highest BCUT2D eigenvalue weighted by Crippen LogP contribution is 2.25. The number of nitrogens with zero attached hydrogens (tertiary/aromatic N) is 2. The molecule has 1 saturated heterocycles. The van der Waals surface area contributed by atoms with Gasteiger partial charge in [-0.25, -0.2) is 0 Å². The van der Waals surface area contributed by atoms with Crippen molar-refractivity contribution >= 4 is 11.6 Å². The lowest BCUT2D eigenvalue weighted by atomic mass is 10.0. The fraction of sp³-hybridized carbons (Fsp3) is 0.533. The average Bonchev–Trinajstić information content (AvgIpc) is 2.36. The first-order valence-electron chi connectivity index (χ1n) is 6.84. The Bertz CT molecular complexity index is 443. The lowest BCUT2D eigenvalue weighted by molar-refractivity contribution is -0.126. The van der Waals surface area contributed by atoms with Crippen molar-refractivity contribution < 1.29 is 4.79 Å². The molecule has 2 atom stereocenters. The molecule has 0 spiro atoms. The maximum absolute atomic E-state index is 12.7. The Labute approximate surface area is 115 Å². The van der Waals surface area contributed by atoms with Crippen LogP contribution in [-0.2, 0) is 4.79 Å². The van der Waals surface area contributed by atoms with Crippen molar-refractivity contribution in [2.24, 2.45) is 5.73 Å². The number of amides is 1. The number of benzene rings is 1. The monoisotopic (exact) mass is 261 g/mol. The van der Waals surface area contributed by atoms with Crippen LogP contribution in [-0.4, -0.2) is 43.0 Å². The minimum atomic E-state index is -0.0949. The molecule has 19 heavy (non-hydrogen) atoms. The van der Waals surface area contributed by atoms with E-state index in [1.54, 1.807) is 0 Å². The van der Waals surface area contributed by atoms with Crippen molar-refractivity contribution in [3.05, 3.63) is 29.8 Å². The van der Waals surface area contributed by atoms with Gasteiger partial charge in [-0.3, -0.25) is 9.69 Å². The van der Waals surface area contributed by atoms with Gasteiger partial charge in [0.25, 0.3) is 0 Å². The van der Waals surface area contributed by atoms with Gasteiger partial charge in [0.05, 0.1) is 6.04 Å². The van der Waals surface area contributed by atoms with Gasteiger partial charge >= 0.3 is 0 Å². The highest BCUT2D eigenvalue weighted by molar-refractivity contribution is 5.98. The molecule has 1 aromatic rings. The highest BCUT2D eigenvalue weighted by Gasteiger charge is 2.36. The SMILES string of the molecule is Cc1ccc(N2C(=O)C(CCN)N(C)CC2C)cc1. The quantitative estimate of drug-likeness (QED) is 0.894. The Morgan fingerprint density at radius 2 is 1.95 bits per heavy atom. The van der Waals surface area contributed by atoms with Crippen molar-refractivity contribution in [3.63, 3.8) is 0 Å². The molecule has 1 aromatic carbocycles. The second kappa shape index (κ2) is 5.72. The normalized spacial score (nSPS) is 24.8. The lowest BCUT2D eigenvalue weighted by Crippen LogP contribution is -2.60. The van der Waals surface area contributed by atoms with Crippen LogP contribution in [0.5, 0.6) is 0 Å². The number of nitrogens with two attached hydrogens (primary N) is 1. The zero-order valence-corrected chi connectivity index (χ0v) is 12.0. The molecular weight excluding hydrogens is 238 g/mol. The number of carbonyl (C=O) groups is 1. The number of aryl methyl sites for hydroxylation is 1. The first-order valence-corrected chi connectivity index (χ1v) is 6.84. The Morgan fingerprint density at radius 3 is 2.53 bits per heavy atom. The van der Waals surface area contributed by atoms with Crippen LogP contribution >= 0.6 is 0 Å². The zero-order valence-electron chi connectivity index (χ0n) is 12.0. The number of piperazine rings is 1. The van der Waals surface area contributed by atoms with Crippen LogP contribution < -0.4 is 10.6 Å². The predicted octanol–water partition coefficient (Wildman–Crippen LogP) is 1.38. The third-order valence-electron chi connectivity index (χ3n) is 3.80. The Balaban J connectivity index is 2.27. The van der Waals surface area contributed by atoms with Crippen LogP contribution in [0.3, 0.4) is 0 Å². The van der Waals surface area contributed by atoms with Crippen molar-refractivity contribution in [3.8, 4) is 0 Å². The number of carbonyl (C=O) groups excluding carboxylic acids is 1. The third-order valence-corrected chi connectivity index (χ3v) is 3.80. The van der Waals surface area contributed by atoms with Gasteiger partial charge in [0.15, 0.2) is 0 Å². The number of hydrogen-bond donors (Lipinski definition) is 1. The first kappa shape index (κ1) is 14.0. The lowest BCUT2D eigenvalue weighted by Gasteiger charge is -2.43. The fourth-order valence-electron chi connectivity index (χ4n) is 2.78. The molecule has 0 radical (unpaired) electrons. The van der Waals surface area contributed by atoms with Crippen molar-refractivity contribution in [1.29, 1.82) is 0 Å². The topological polar surface area (TPSA) is 49.6 Å². The van der Waals surface area contributed by atoms with E-state index in [1.807, 2.05) is 36.2 Å². The maximum Gasteiger partial charge on any atom is 0.244 e. The summed E-state index contributed by atoms with van der Waals surface area (Å²) < 4.78 is 0. The van der Waals surface area contributed by atoms with Gasteiger partial charge in [0, 0.05) is 18.3 Å². The second-order valence-electron chi connectivity index (χ2n) is 5.43. The molecule has 1 fully saturated rings. The van der Waals surface area contributed by atoms with Crippen LogP contribution in [0.2, 0.25) is 0 Å². The van der Waals surface area contributed by atoms with Gasteiger partial charge < -0.3 is 10.6 Å².